The Morgan fingerprint density at radius 1 is 1.17 bits per heavy atom. The molecular weight excluding hydrogens is 406 g/mol. The number of hydrogen-bond donors (Lipinski definition) is 0. The zero-order chi connectivity index (χ0) is 20.6. The quantitative estimate of drug-likeness (QED) is 0.320. The van der Waals surface area contributed by atoms with Gasteiger partial charge in [-0.3, -0.25) is 14.2 Å². The number of hydrogen-bond acceptors (Lipinski definition) is 4. The Kier molecular flexibility index (Phi) is 4.91. The summed E-state index contributed by atoms with van der Waals surface area (Å²) < 4.78 is 54.1. The van der Waals surface area contributed by atoms with Crippen LogP contribution in [0.1, 0.15) is 27.9 Å². The van der Waals surface area contributed by atoms with E-state index >= 15 is 0 Å². The van der Waals surface area contributed by atoms with Gasteiger partial charge in [-0.1, -0.05) is 0 Å². The molecule has 1 aromatic carbocycles. The van der Waals surface area contributed by atoms with Gasteiger partial charge >= 0.3 is 6.18 Å². The van der Waals surface area contributed by atoms with Gasteiger partial charge < -0.3 is 0 Å². The highest BCUT2D eigenvalue weighted by Gasteiger charge is 2.31. The normalized spacial score (nSPS) is 11.9. The van der Waals surface area contributed by atoms with Crippen LogP contribution >= 0.6 is 11.3 Å². The summed E-state index contributed by atoms with van der Waals surface area (Å²) in [5, 5.41) is 1.68. The van der Waals surface area contributed by atoms with Crippen LogP contribution in [0.25, 0.3) is 16.2 Å². The summed E-state index contributed by atoms with van der Waals surface area (Å²) >= 11 is 1.36. The van der Waals surface area contributed by atoms with Crippen molar-refractivity contribution in [1.82, 2.24) is 14.4 Å². The second-order valence-electron chi connectivity index (χ2n) is 6.37. The molecule has 0 bridgehead atoms. The fraction of sp³-hybridized carbons (Fsp3) is 0.150. The van der Waals surface area contributed by atoms with Gasteiger partial charge in [0.2, 0.25) is 0 Å². The molecule has 4 nitrogen and oxygen atoms in total. The third kappa shape index (κ3) is 3.91. The van der Waals surface area contributed by atoms with Crippen LogP contribution < -0.4 is 0 Å². The average molecular weight is 419 g/mol. The average Bonchev–Trinajstić information content (AvgIpc) is 3.33. The SMILES string of the molecule is O=C(CCc1cc(C(F)(F)F)ccc1F)c1csc(-c2cnc3cnccn23)c1. The molecule has 0 fully saturated rings. The zero-order valence-corrected chi connectivity index (χ0v) is 15.6. The number of benzene rings is 1. The molecule has 0 amide bonds. The van der Waals surface area contributed by atoms with Crippen molar-refractivity contribution in [1.29, 1.82) is 0 Å². The molecule has 148 valence electrons. The van der Waals surface area contributed by atoms with E-state index in [1.165, 1.54) is 11.3 Å². The number of nitrogens with zero attached hydrogens (tertiary/aromatic N) is 3. The molecule has 9 heteroatoms. The molecule has 3 heterocycles. The topological polar surface area (TPSA) is 47.3 Å². The van der Waals surface area contributed by atoms with E-state index in [-0.39, 0.29) is 24.2 Å². The molecule has 0 N–H and O–H groups in total. The van der Waals surface area contributed by atoms with E-state index in [2.05, 4.69) is 9.97 Å². The smallest absolute Gasteiger partial charge is 0.296 e. The minimum atomic E-state index is -4.56. The van der Waals surface area contributed by atoms with Crippen molar-refractivity contribution in [3.05, 3.63) is 76.9 Å². The standard InChI is InChI=1S/C20H13F4N3OS/c21-15-3-2-14(20(22,23)24)7-12(15)1-4-17(28)13-8-18(29-11-13)16-9-26-19-10-25-5-6-27(16)19/h2-3,5-11H,1,4H2. The van der Waals surface area contributed by atoms with Gasteiger partial charge in [0.05, 0.1) is 28.5 Å². The van der Waals surface area contributed by atoms with Gasteiger partial charge in [-0.15, -0.1) is 11.3 Å². The Balaban J connectivity index is 1.51. The first-order valence-corrected chi connectivity index (χ1v) is 9.45. The minimum Gasteiger partial charge on any atom is -0.296 e. The number of carbonyl (C=O) groups is 1. The number of carbonyl (C=O) groups excluding carboxylic acids is 1. The first kappa shape index (κ1) is 19.3. The molecule has 0 atom stereocenters. The fourth-order valence-electron chi connectivity index (χ4n) is 2.98. The predicted octanol–water partition coefficient (Wildman–Crippen LogP) is 5.43. The van der Waals surface area contributed by atoms with E-state index in [1.54, 1.807) is 36.2 Å². The van der Waals surface area contributed by atoms with Crippen molar-refractivity contribution in [3.63, 3.8) is 0 Å². The van der Waals surface area contributed by atoms with Crippen LogP contribution in [0.15, 0.2) is 54.4 Å². The van der Waals surface area contributed by atoms with Gasteiger partial charge in [0.15, 0.2) is 11.4 Å². The number of Topliss-reactive ketones (excluding diaryl/α,β-unsaturated/α-hetero) is 1. The summed E-state index contributed by atoms with van der Waals surface area (Å²) in [6.07, 6.45) is 1.92. The molecule has 0 saturated carbocycles. The van der Waals surface area contributed by atoms with E-state index in [9.17, 15) is 22.4 Å². The number of thiophene rings is 1. The fourth-order valence-corrected chi connectivity index (χ4v) is 3.90. The molecule has 4 aromatic rings. The lowest BCUT2D eigenvalue weighted by Gasteiger charge is -2.09. The Morgan fingerprint density at radius 2 is 2.00 bits per heavy atom. The second-order valence-corrected chi connectivity index (χ2v) is 7.29. The maximum Gasteiger partial charge on any atom is 0.416 e. The van der Waals surface area contributed by atoms with E-state index in [1.807, 2.05) is 4.40 Å². The Labute approximate surface area is 166 Å². The summed E-state index contributed by atoms with van der Waals surface area (Å²) in [7, 11) is 0. The van der Waals surface area contributed by atoms with Crippen molar-refractivity contribution in [2.75, 3.05) is 0 Å². The molecule has 29 heavy (non-hydrogen) atoms. The van der Waals surface area contributed by atoms with Gasteiger partial charge in [0, 0.05) is 29.8 Å². The minimum absolute atomic E-state index is 0.0918. The highest BCUT2D eigenvalue weighted by Crippen LogP contribution is 2.31. The lowest BCUT2D eigenvalue weighted by Crippen LogP contribution is -2.07. The van der Waals surface area contributed by atoms with Crippen LogP contribution in [0.3, 0.4) is 0 Å². The van der Waals surface area contributed by atoms with Crippen molar-refractivity contribution < 1.29 is 22.4 Å². The monoisotopic (exact) mass is 419 g/mol. The summed E-state index contributed by atoms with van der Waals surface area (Å²) in [6, 6.07) is 3.94. The number of ketones is 1. The second kappa shape index (κ2) is 7.40. The molecule has 3 aromatic heterocycles. The molecular formula is C20H13F4N3OS. The zero-order valence-electron chi connectivity index (χ0n) is 14.8. The van der Waals surface area contributed by atoms with E-state index in [0.29, 0.717) is 17.3 Å². The highest BCUT2D eigenvalue weighted by molar-refractivity contribution is 7.13. The van der Waals surface area contributed by atoms with Crippen LogP contribution in [-0.2, 0) is 12.6 Å². The highest BCUT2D eigenvalue weighted by atomic mass is 32.1. The van der Waals surface area contributed by atoms with Gasteiger partial charge in [0.25, 0.3) is 0 Å². The van der Waals surface area contributed by atoms with Crippen LogP contribution in [-0.4, -0.2) is 20.2 Å². The van der Waals surface area contributed by atoms with Crippen LogP contribution in [0.2, 0.25) is 0 Å². The van der Waals surface area contributed by atoms with Crippen LogP contribution in [0.4, 0.5) is 17.6 Å². The summed E-state index contributed by atoms with van der Waals surface area (Å²) in [6.45, 7) is 0. The van der Waals surface area contributed by atoms with Crippen molar-refractivity contribution in [2.45, 2.75) is 19.0 Å². The van der Waals surface area contributed by atoms with Crippen molar-refractivity contribution >= 4 is 22.8 Å². The van der Waals surface area contributed by atoms with Crippen LogP contribution in [0.5, 0.6) is 0 Å². The first-order chi connectivity index (χ1) is 13.8. The van der Waals surface area contributed by atoms with E-state index in [4.69, 9.17) is 0 Å². The Morgan fingerprint density at radius 3 is 2.79 bits per heavy atom. The number of alkyl halides is 3. The maximum absolute atomic E-state index is 13.9. The summed E-state index contributed by atoms with van der Waals surface area (Å²) in [5.74, 6) is -1.02. The van der Waals surface area contributed by atoms with Gasteiger partial charge in [0.1, 0.15) is 5.82 Å². The number of halogens is 4. The number of aromatic nitrogens is 3. The van der Waals surface area contributed by atoms with E-state index < -0.39 is 17.6 Å². The summed E-state index contributed by atoms with van der Waals surface area (Å²) in [4.78, 5) is 21.6. The first-order valence-electron chi connectivity index (χ1n) is 8.58. The maximum atomic E-state index is 13.9. The summed E-state index contributed by atoms with van der Waals surface area (Å²) in [5.41, 5.74) is 0.847. The molecule has 0 unspecified atom stereocenters. The van der Waals surface area contributed by atoms with Crippen LogP contribution in [0, 0.1) is 5.82 Å². The third-order valence-corrected chi connectivity index (χ3v) is 5.44. The Bertz CT molecular complexity index is 1200. The van der Waals surface area contributed by atoms with E-state index in [0.717, 1.165) is 22.7 Å². The predicted molar refractivity (Wildman–Crippen MR) is 100 cm³/mol. The lowest BCUT2D eigenvalue weighted by molar-refractivity contribution is -0.137. The largest absolute Gasteiger partial charge is 0.416 e. The molecule has 0 aliphatic carbocycles. The molecule has 4 rings (SSSR count). The van der Waals surface area contributed by atoms with Gasteiger partial charge in [-0.2, -0.15) is 13.2 Å². The number of fused-ring (bicyclic) bond motifs is 1. The lowest BCUT2D eigenvalue weighted by atomic mass is 10.0. The van der Waals surface area contributed by atoms with Gasteiger partial charge in [-0.05, 0) is 36.2 Å². The molecule has 0 radical (unpaired) electrons. The molecule has 0 spiro atoms. The van der Waals surface area contributed by atoms with Crippen molar-refractivity contribution in [3.8, 4) is 10.6 Å². The molecule has 0 saturated heterocycles. The van der Waals surface area contributed by atoms with Crippen molar-refractivity contribution in [2.24, 2.45) is 0 Å². The number of imidazole rings is 1. The Hall–Kier alpha value is -3.07. The van der Waals surface area contributed by atoms with Gasteiger partial charge in [-0.25, -0.2) is 9.37 Å². The molecule has 0 aliphatic rings. The third-order valence-electron chi connectivity index (χ3n) is 4.49. The molecule has 0 aliphatic heterocycles. The number of aryl methyl sites for hydroxylation is 1. The number of rotatable bonds is 5.